The number of nitrogens with zero attached hydrogens (tertiary/aromatic N) is 1. The summed E-state index contributed by atoms with van der Waals surface area (Å²) in [4.78, 5) is 2.39. The van der Waals surface area contributed by atoms with Crippen molar-refractivity contribution in [3.05, 3.63) is 0 Å². The van der Waals surface area contributed by atoms with E-state index in [2.05, 4.69) is 25.8 Å². The van der Waals surface area contributed by atoms with Crippen LogP contribution in [0.3, 0.4) is 0 Å². The van der Waals surface area contributed by atoms with Crippen molar-refractivity contribution in [1.29, 1.82) is 0 Å². The number of hydrogen-bond donors (Lipinski definition) is 1. The fraction of sp³-hybridized carbons (Fsp3) is 1.00. The van der Waals surface area contributed by atoms with Gasteiger partial charge in [0.05, 0.1) is 12.7 Å². The van der Waals surface area contributed by atoms with Crippen LogP contribution in [-0.4, -0.2) is 49.0 Å². The molecular weight excluding hydrogens is 226 g/mol. The number of likely N-dealkylation sites (N-methyl/N-ethyl adjacent to an activating group) is 1. The Balaban J connectivity index is 1.88. The number of ether oxygens (including phenoxy) is 1. The Morgan fingerprint density at radius 3 is 2.67 bits per heavy atom. The molecule has 2 fully saturated rings. The maximum absolute atomic E-state index is 10.3. The predicted molar refractivity (Wildman–Crippen MR) is 73.5 cm³/mol. The van der Waals surface area contributed by atoms with E-state index < -0.39 is 0 Å². The van der Waals surface area contributed by atoms with Gasteiger partial charge in [0.25, 0.3) is 0 Å². The molecule has 1 heterocycles. The zero-order valence-electron chi connectivity index (χ0n) is 12.1. The van der Waals surface area contributed by atoms with Gasteiger partial charge < -0.3 is 14.7 Å². The second-order valence-electron chi connectivity index (χ2n) is 6.63. The number of aliphatic hydroxyl groups excluding tert-OH is 1. The third kappa shape index (κ3) is 3.46. The van der Waals surface area contributed by atoms with Gasteiger partial charge in [-0.05, 0) is 50.5 Å². The van der Waals surface area contributed by atoms with Crippen molar-refractivity contribution >= 4 is 0 Å². The van der Waals surface area contributed by atoms with E-state index in [-0.39, 0.29) is 6.10 Å². The quantitative estimate of drug-likeness (QED) is 0.838. The smallest absolute Gasteiger partial charge is 0.0700 e. The Kier molecular flexibility index (Phi) is 5.05. The first-order valence-electron chi connectivity index (χ1n) is 7.54. The molecule has 3 nitrogen and oxygen atoms in total. The molecule has 1 saturated carbocycles. The molecule has 0 aromatic carbocycles. The van der Waals surface area contributed by atoms with E-state index >= 15 is 0 Å². The minimum atomic E-state index is -0.154. The van der Waals surface area contributed by atoms with Crippen LogP contribution in [0.4, 0.5) is 0 Å². The van der Waals surface area contributed by atoms with Gasteiger partial charge in [-0.25, -0.2) is 0 Å². The molecule has 18 heavy (non-hydrogen) atoms. The Hall–Kier alpha value is -0.120. The van der Waals surface area contributed by atoms with Gasteiger partial charge in [-0.1, -0.05) is 13.8 Å². The number of hydrogen-bond acceptors (Lipinski definition) is 3. The lowest BCUT2D eigenvalue weighted by Gasteiger charge is -2.43. The van der Waals surface area contributed by atoms with Crippen molar-refractivity contribution in [1.82, 2.24) is 4.90 Å². The van der Waals surface area contributed by atoms with Gasteiger partial charge in [-0.3, -0.25) is 0 Å². The third-order valence-corrected chi connectivity index (χ3v) is 4.70. The first kappa shape index (κ1) is 14.3. The van der Waals surface area contributed by atoms with Gasteiger partial charge in [0.1, 0.15) is 0 Å². The van der Waals surface area contributed by atoms with Crippen molar-refractivity contribution in [2.75, 3.05) is 26.8 Å². The molecule has 0 aromatic heterocycles. The van der Waals surface area contributed by atoms with Gasteiger partial charge in [-0.2, -0.15) is 0 Å². The van der Waals surface area contributed by atoms with Crippen LogP contribution in [0.5, 0.6) is 0 Å². The summed E-state index contributed by atoms with van der Waals surface area (Å²) in [5.41, 5.74) is 0. The number of rotatable bonds is 3. The lowest BCUT2D eigenvalue weighted by molar-refractivity contribution is -0.0316. The van der Waals surface area contributed by atoms with Gasteiger partial charge in [0.15, 0.2) is 0 Å². The van der Waals surface area contributed by atoms with Crippen LogP contribution in [-0.2, 0) is 4.74 Å². The molecular formula is C15H29NO2. The topological polar surface area (TPSA) is 32.7 Å². The minimum absolute atomic E-state index is 0.154. The molecule has 1 aliphatic carbocycles. The van der Waals surface area contributed by atoms with E-state index in [4.69, 9.17) is 4.74 Å². The molecule has 0 bridgehead atoms. The molecule has 106 valence electrons. The zero-order valence-corrected chi connectivity index (χ0v) is 12.1. The van der Waals surface area contributed by atoms with Crippen LogP contribution < -0.4 is 0 Å². The Bertz CT molecular complexity index is 241. The molecule has 3 heteroatoms. The lowest BCUT2D eigenvalue weighted by atomic mass is 9.77. The molecule has 2 rings (SSSR count). The van der Waals surface area contributed by atoms with Crippen LogP contribution in [0.1, 0.15) is 39.5 Å². The van der Waals surface area contributed by atoms with Crippen molar-refractivity contribution in [2.45, 2.75) is 51.7 Å². The Morgan fingerprint density at radius 1 is 1.28 bits per heavy atom. The van der Waals surface area contributed by atoms with Crippen LogP contribution in [0, 0.1) is 17.8 Å². The van der Waals surface area contributed by atoms with E-state index in [0.29, 0.717) is 23.8 Å². The second kappa shape index (κ2) is 6.36. The number of aliphatic hydroxyl groups is 1. The van der Waals surface area contributed by atoms with Crippen LogP contribution in [0.15, 0.2) is 0 Å². The van der Waals surface area contributed by atoms with Crippen LogP contribution in [0.2, 0.25) is 0 Å². The largest absolute Gasteiger partial charge is 0.391 e. The van der Waals surface area contributed by atoms with E-state index in [1.165, 1.54) is 19.3 Å². The zero-order chi connectivity index (χ0) is 13.1. The van der Waals surface area contributed by atoms with Crippen molar-refractivity contribution < 1.29 is 9.84 Å². The maximum Gasteiger partial charge on any atom is 0.0700 e. The fourth-order valence-corrected chi connectivity index (χ4v) is 4.01. The fourth-order valence-electron chi connectivity index (χ4n) is 4.01. The maximum atomic E-state index is 10.3. The molecule has 0 amide bonds. The molecule has 2 aliphatic rings. The molecule has 5 unspecified atom stereocenters. The highest BCUT2D eigenvalue weighted by molar-refractivity contribution is 4.89. The summed E-state index contributed by atoms with van der Waals surface area (Å²) in [5, 5.41) is 10.3. The SMILES string of the molecule is CC1CC(C)C(N(C)CC2CCCOC2)C(O)C1. The summed E-state index contributed by atoms with van der Waals surface area (Å²) in [6, 6.07) is 0.336. The molecule has 1 saturated heterocycles. The van der Waals surface area contributed by atoms with Gasteiger partial charge >= 0.3 is 0 Å². The summed E-state index contributed by atoms with van der Waals surface area (Å²) in [6.45, 7) is 7.45. The Labute approximate surface area is 112 Å². The van der Waals surface area contributed by atoms with E-state index in [1.54, 1.807) is 0 Å². The molecule has 0 radical (unpaired) electrons. The highest BCUT2D eigenvalue weighted by atomic mass is 16.5. The molecule has 0 aromatic rings. The molecule has 0 spiro atoms. The minimum Gasteiger partial charge on any atom is -0.391 e. The highest BCUT2D eigenvalue weighted by Crippen LogP contribution is 2.32. The predicted octanol–water partition coefficient (Wildman–Crippen LogP) is 2.14. The average Bonchev–Trinajstić information content (AvgIpc) is 2.28. The Morgan fingerprint density at radius 2 is 2.06 bits per heavy atom. The van der Waals surface area contributed by atoms with Gasteiger partial charge in [-0.15, -0.1) is 0 Å². The molecule has 5 atom stereocenters. The van der Waals surface area contributed by atoms with E-state index in [0.717, 1.165) is 26.2 Å². The van der Waals surface area contributed by atoms with Crippen molar-refractivity contribution in [2.24, 2.45) is 17.8 Å². The molecule has 1 N–H and O–H groups in total. The van der Waals surface area contributed by atoms with E-state index in [9.17, 15) is 5.11 Å². The first-order valence-corrected chi connectivity index (χ1v) is 7.54. The summed E-state index contributed by atoms with van der Waals surface area (Å²) in [7, 11) is 2.18. The van der Waals surface area contributed by atoms with Gasteiger partial charge in [0, 0.05) is 19.2 Å². The first-order chi connectivity index (χ1) is 8.58. The molecule has 1 aliphatic heterocycles. The standard InChI is InChI=1S/C15H29NO2/c1-11-7-12(2)15(14(17)8-11)16(3)9-13-5-4-6-18-10-13/h11-15,17H,4-10H2,1-3H3. The summed E-state index contributed by atoms with van der Waals surface area (Å²) in [5.74, 6) is 1.92. The van der Waals surface area contributed by atoms with Crippen molar-refractivity contribution in [3.8, 4) is 0 Å². The summed E-state index contributed by atoms with van der Waals surface area (Å²) in [6.07, 6.45) is 4.52. The van der Waals surface area contributed by atoms with Crippen LogP contribution in [0.25, 0.3) is 0 Å². The third-order valence-electron chi connectivity index (χ3n) is 4.70. The normalized spacial score (nSPS) is 42.2. The van der Waals surface area contributed by atoms with Crippen LogP contribution >= 0.6 is 0 Å². The lowest BCUT2D eigenvalue weighted by Crippen LogP contribution is -2.51. The second-order valence-corrected chi connectivity index (χ2v) is 6.63. The summed E-state index contributed by atoms with van der Waals surface area (Å²) < 4.78 is 5.55. The van der Waals surface area contributed by atoms with Crippen molar-refractivity contribution in [3.63, 3.8) is 0 Å². The van der Waals surface area contributed by atoms with Gasteiger partial charge in [0.2, 0.25) is 0 Å². The summed E-state index contributed by atoms with van der Waals surface area (Å²) >= 11 is 0. The van der Waals surface area contributed by atoms with E-state index in [1.807, 2.05) is 0 Å². The average molecular weight is 255 g/mol. The monoisotopic (exact) mass is 255 g/mol. The highest BCUT2D eigenvalue weighted by Gasteiger charge is 2.36.